The maximum Gasteiger partial charge on any atom is 0.264 e. The summed E-state index contributed by atoms with van der Waals surface area (Å²) < 4.78 is 34.0. The molecule has 0 radical (unpaired) electrons. The van der Waals surface area contributed by atoms with Crippen LogP contribution in [0, 0.1) is 0 Å². The van der Waals surface area contributed by atoms with Crippen LogP contribution in [0.1, 0.15) is 39.2 Å². The SMILES string of the molecule is CCC(C)NC(=O)C(CC)N(Cc1ccc(OC)cc1)C(=O)CN(c1cc(Cl)cc(Cl)c1)S(=O)(=O)c1ccccc1. The first kappa shape index (κ1) is 32.2. The van der Waals surface area contributed by atoms with Crippen molar-refractivity contribution in [1.82, 2.24) is 10.2 Å². The molecule has 0 bridgehead atoms. The molecular formula is C30H35Cl2N3O5S. The molecule has 2 unspecified atom stereocenters. The number of carbonyl (C=O) groups is 2. The molecular weight excluding hydrogens is 585 g/mol. The summed E-state index contributed by atoms with van der Waals surface area (Å²) in [4.78, 5) is 28.9. The second-order valence-corrected chi connectivity index (χ2v) is 12.3. The zero-order valence-electron chi connectivity index (χ0n) is 23.5. The standard InChI is InChI=1S/C30H35Cl2N3O5S/c1-5-21(3)33-30(37)28(6-2)34(19-22-12-14-26(40-4)15-13-22)29(36)20-35(25-17-23(31)16-24(32)18-25)41(38,39)27-10-8-7-9-11-27/h7-18,21,28H,5-6,19-20H2,1-4H3,(H,33,37). The van der Waals surface area contributed by atoms with E-state index in [1.165, 1.54) is 35.2 Å². The first-order chi connectivity index (χ1) is 19.5. The van der Waals surface area contributed by atoms with Crippen molar-refractivity contribution in [3.05, 3.63) is 88.4 Å². The van der Waals surface area contributed by atoms with Crippen molar-refractivity contribution in [2.75, 3.05) is 18.0 Å². The van der Waals surface area contributed by atoms with E-state index in [1.807, 2.05) is 20.8 Å². The molecule has 0 heterocycles. The van der Waals surface area contributed by atoms with Gasteiger partial charge in [0, 0.05) is 22.6 Å². The smallest absolute Gasteiger partial charge is 0.264 e. The highest BCUT2D eigenvalue weighted by Crippen LogP contribution is 2.30. The van der Waals surface area contributed by atoms with Gasteiger partial charge < -0.3 is 15.0 Å². The predicted molar refractivity (Wildman–Crippen MR) is 163 cm³/mol. The number of halogens is 2. The lowest BCUT2D eigenvalue weighted by molar-refractivity contribution is -0.140. The third-order valence-corrected chi connectivity index (χ3v) is 8.87. The molecule has 11 heteroatoms. The number of anilines is 1. The molecule has 0 fully saturated rings. The van der Waals surface area contributed by atoms with Crippen molar-refractivity contribution < 1.29 is 22.7 Å². The van der Waals surface area contributed by atoms with Crippen molar-refractivity contribution >= 4 is 50.7 Å². The number of rotatable bonds is 13. The number of nitrogens with one attached hydrogen (secondary N) is 1. The van der Waals surface area contributed by atoms with E-state index in [0.717, 1.165) is 9.87 Å². The molecule has 0 saturated carbocycles. The zero-order chi connectivity index (χ0) is 30.2. The molecule has 220 valence electrons. The number of methoxy groups -OCH3 is 1. The Bertz CT molecular complexity index is 1420. The Morgan fingerprint density at radius 1 is 0.927 bits per heavy atom. The summed E-state index contributed by atoms with van der Waals surface area (Å²) in [5.74, 6) is -0.235. The Morgan fingerprint density at radius 2 is 1.54 bits per heavy atom. The first-order valence-electron chi connectivity index (χ1n) is 13.3. The summed E-state index contributed by atoms with van der Waals surface area (Å²) in [7, 11) is -2.67. The molecule has 0 saturated heterocycles. The fourth-order valence-electron chi connectivity index (χ4n) is 4.22. The van der Waals surface area contributed by atoms with Gasteiger partial charge in [-0.1, -0.05) is 67.4 Å². The second-order valence-electron chi connectivity index (χ2n) is 9.56. The lowest BCUT2D eigenvalue weighted by atomic mass is 10.1. The van der Waals surface area contributed by atoms with Crippen LogP contribution in [0.25, 0.3) is 0 Å². The van der Waals surface area contributed by atoms with Gasteiger partial charge in [0.05, 0.1) is 17.7 Å². The summed E-state index contributed by atoms with van der Waals surface area (Å²) in [5, 5.41) is 3.38. The van der Waals surface area contributed by atoms with Gasteiger partial charge in [0.15, 0.2) is 0 Å². The first-order valence-corrected chi connectivity index (χ1v) is 15.5. The minimum absolute atomic E-state index is 0.00726. The average molecular weight is 621 g/mol. The van der Waals surface area contributed by atoms with E-state index in [0.29, 0.717) is 18.6 Å². The van der Waals surface area contributed by atoms with E-state index < -0.39 is 28.5 Å². The summed E-state index contributed by atoms with van der Waals surface area (Å²) in [5.41, 5.74) is 0.874. The lowest BCUT2D eigenvalue weighted by Gasteiger charge is -2.33. The molecule has 0 spiro atoms. The number of hydrogen-bond donors (Lipinski definition) is 1. The van der Waals surface area contributed by atoms with Crippen LogP contribution in [0.4, 0.5) is 5.69 Å². The lowest BCUT2D eigenvalue weighted by Crippen LogP contribution is -2.53. The Labute approximate surface area is 252 Å². The normalized spacial score (nSPS) is 12.7. The van der Waals surface area contributed by atoms with Gasteiger partial charge >= 0.3 is 0 Å². The highest BCUT2D eigenvalue weighted by molar-refractivity contribution is 7.92. The van der Waals surface area contributed by atoms with Gasteiger partial charge in [-0.15, -0.1) is 0 Å². The summed E-state index contributed by atoms with van der Waals surface area (Å²) in [6, 6.07) is 18.3. The number of amides is 2. The zero-order valence-corrected chi connectivity index (χ0v) is 25.8. The van der Waals surface area contributed by atoms with Gasteiger partial charge in [-0.05, 0) is 67.8 Å². The van der Waals surface area contributed by atoms with Gasteiger partial charge in [0.2, 0.25) is 11.8 Å². The fourth-order valence-corrected chi connectivity index (χ4v) is 6.15. The quantitative estimate of drug-likeness (QED) is 0.256. The minimum Gasteiger partial charge on any atom is -0.497 e. The van der Waals surface area contributed by atoms with Crippen molar-refractivity contribution in [2.24, 2.45) is 0 Å². The molecule has 3 rings (SSSR count). The Balaban J connectivity index is 2.07. The summed E-state index contributed by atoms with van der Waals surface area (Å²) >= 11 is 12.5. The summed E-state index contributed by atoms with van der Waals surface area (Å²) in [6.07, 6.45) is 1.03. The number of benzene rings is 3. The number of sulfonamides is 1. The van der Waals surface area contributed by atoms with Crippen LogP contribution < -0.4 is 14.4 Å². The number of hydrogen-bond acceptors (Lipinski definition) is 5. The maximum absolute atomic E-state index is 14.1. The number of carbonyl (C=O) groups excluding carboxylic acids is 2. The molecule has 2 amide bonds. The van der Waals surface area contributed by atoms with Crippen LogP contribution in [0.15, 0.2) is 77.7 Å². The van der Waals surface area contributed by atoms with E-state index in [4.69, 9.17) is 27.9 Å². The maximum atomic E-state index is 14.1. The molecule has 8 nitrogen and oxygen atoms in total. The van der Waals surface area contributed by atoms with Crippen LogP contribution in [0.2, 0.25) is 10.0 Å². The van der Waals surface area contributed by atoms with E-state index in [-0.39, 0.29) is 39.1 Å². The van der Waals surface area contributed by atoms with Gasteiger partial charge in [-0.2, -0.15) is 0 Å². The van der Waals surface area contributed by atoms with Crippen LogP contribution in [0.3, 0.4) is 0 Å². The fraction of sp³-hybridized carbons (Fsp3) is 0.333. The largest absolute Gasteiger partial charge is 0.497 e. The van der Waals surface area contributed by atoms with Gasteiger partial charge in [-0.25, -0.2) is 8.42 Å². The highest BCUT2D eigenvalue weighted by Gasteiger charge is 2.34. The second kappa shape index (κ2) is 14.6. The molecule has 1 N–H and O–H groups in total. The summed E-state index contributed by atoms with van der Waals surface area (Å²) in [6.45, 7) is 5.14. The van der Waals surface area contributed by atoms with Crippen molar-refractivity contribution in [3.63, 3.8) is 0 Å². The third kappa shape index (κ3) is 8.38. The van der Waals surface area contributed by atoms with Gasteiger partial charge in [-0.3, -0.25) is 13.9 Å². The van der Waals surface area contributed by atoms with E-state index in [1.54, 1.807) is 49.6 Å². The van der Waals surface area contributed by atoms with Gasteiger partial charge in [0.25, 0.3) is 10.0 Å². The van der Waals surface area contributed by atoms with E-state index in [9.17, 15) is 18.0 Å². The number of nitrogens with zero attached hydrogens (tertiary/aromatic N) is 2. The van der Waals surface area contributed by atoms with Crippen molar-refractivity contribution in [2.45, 2.75) is 57.1 Å². The van der Waals surface area contributed by atoms with Crippen molar-refractivity contribution in [1.29, 1.82) is 0 Å². The van der Waals surface area contributed by atoms with Gasteiger partial charge in [0.1, 0.15) is 18.3 Å². The van der Waals surface area contributed by atoms with E-state index in [2.05, 4.69) is 5.32 Å². The van der Waals surface area contributed by atoms with Crippen LogP contribution in [-0.4, -0.2) is 50.9 Å². The molecule has 0 aliphatic rings. The molecule has 3 aromatic carbocycles. The topological polar surface area (TPSA) is 96.0 Å². The molecule has 0 aliphatic heterocycles. The average Bonchev–Trinajstić information content (AvgIpc) is 2.95. The molecule has 41 heavy (non-hydrogen) atoms. The van der Waals surface area contributed by atoms with Crippen LogP contribution >= 0.6 is 23.2 Å². The van der Waals surface area contributed by atoms with Crippen molar-refractivity contribution in [3.8, 4) is 5.75 Å². The molecule has 2 atom stereocenters. The highest BCUT2D eigenvalue weighted by atomic mass is 35.5. The minimum atomic E-state index is -4.22. The Morgan fingerprint density at radius 3 is 2.07 bits per heavy atom. The monoisotopic (exact) mass is 619 g/mol. The van der Waals surface area contributed by atoms with E-state index >= 15 is 0 Å². The Kier molecular flexibility index (Phi) is 11.5. The molecule has 0 aliphatic carbocycles. The molecule has 3 aromatic rings. The number of ether oxygens (including phenoxy) is 1. The Hall–Kier alpha value is -3.27. The third-order valence-electron chi connectivity index (χ3n) is 6.64. The predicted octanol–water partition coefficient (Wildman–Crippen LogP) is 5.92. The van der Waals surface area contributed by atoms with Crippen LogP contribution in [0.5, 0.6) is 5.75 Å². The van der Waals surface area contributed by atoms with Crippen LogP contribution in [-0.2, 0) is 26.2 Å². The molecule has 0 aromatic heterocycles.